The van der Waals surface area contributed by atoms with Crippen LogP contribution in [0.5, 0.6) is 0 Å². The van der Waals surface area contributed by atoms with Gasteiger partial charge in [-0.3, -0.25) is 4.79 Å². The molecule has 1 aliphatic rings. The first kappa shape index (κ1) is 9.90. The van der Waals surface area contributed by atoms with Gasteiger partial charge in [0.2, 0.25) is 0 Å². The zero-order valence-electron chi connectivity index (χ0n) is 7.54. The van der Waals surface area contributed by atoms with Gasteiger partial charge >= 0.3 is 5.97 Å². The minimum absolute atomic E-state index is 0.0469. The third-order valence-electron chi connectivity index (χ3n) is 2.11. The first-order valence-electron chi connectivity index (χ1n) is 4.51. The summed E-state index contributed by atoms with van der Waals surface area (Å²) >= 11 is 1.52. The van der Waals surface area contributed by atoms with E-state index < -0.39 is 0 Å². The molecular formula is C9H16O2S. The lowest BCUT2D eigenvalue weighted by atomic mass is 9.98. The maximum Gasteiger partial charge on any atom is 0.316 e. The van der Waals surface area contributed by atoms with E-state index in [9.17, 15) is 4.79 Å². The van der Waals surface area contributed by atoms with Gasteiger partial charge in [-0.1, -0.05) is 6.42 Å². The molecule has 2 nitrogen and oxygen atoms in total. The smallest absolute Gasteiger partial charge is 0.316 e. The van der Waals surface area contributed by atoms with Crippen LogP contribution in [0.4, 0.5) is 0 Å². The van der Waals surface area contributed by atoms with Crippen LogP contribution < -0.4 is 0 Å². The minimum Gasteiger partial charge on any atom is -0.462 e. The number of carbonyl (C=O) groups is 1. The fraction of sp³-hybridized carbons (Fsp3) is 0.889. The molecule has 0 unspecified atom stereocenters. The summed E-state index contributed by atoms with van der Waals surface area (Å²) in [4.78, 5) is 11.1. The van der Waals surface area contributed by atoms with Crippen LogP contribution >= 0.6 is 11.8 Å². The van der Waals surface area contributed by atoms with Crippen LogP contribution in [0.1, 0.15) is 32.1 Å². The maximum atomic E-state index is 11.1. The molecule has 0 aromatic heterocycles. The number of carbonyl (C=O) groups excluding carboxylic acids is 1. The number of ether oxygens (including phenoxy) is 1. The molecule has 12 heavy (non-hydrogen) atoms. The van der Waals surface area contributed by atoms with Gasteiger partial charge in [0.15, 0.2) is 0 Å². The fourth-order valence-corrected chi connectivity index (χ4v) is 1.82. The predicted octanol–water partition coefficient (Wildman–Crippen LogP) is 2.23. The summed E-state index contributed by atoms with van der Waals surface area (Å²) in [5, 5.41) is 0. The normalized spacial score (nSPS) is 19.1. The Hall–Kier alpha value is -0.180. The standard InChI is InChI=1S/C9H16O2S/c1-12-7-9(10)11-8-5-3-2-4-6-8/h8H,2-7H2,1H3. The van der Waals surface area contributed by atoms with Crippen LogP contribution in [0.2, 0.25) is 0 Å². The van der Waals surface area contributed by atoms with Crippen LogP contribution in [-0.4, -0.2) is 24.1 Å². The third kappa shape index (κ3) is 3.48. The summed E-state index contributed by atoms with van der Waals surface area (Å²) in [6.45, 7) is 0. The number of esters is 1. The van der Waals surface area contributed by atoms with Gasteiger partial charge < -0.3 is 4.74 Å². The van der Waals surface area contributed by atoms with Crippen LogP contribution in [0, 0.1) is 0 Å². The second-order valence-electron chi connectivity index (χ2n) is 3.18. The Kier molecular flexibility index (Phi) is 4.51. The van der Waals surface area contributed by atoms with E-state index in [-0.39, 0.29) is 12.1 Å². The molecule has 0 atom stereocenters. The van der Waals surface area contributed by atoms with Crippen molar-refractivity contribution in [1.82, 2.24) is 0 Å². The molecule has 0 amide bonds. The lowest BCUT2D eigenvalue weighted by Gasteiger charge is -2.21. The Morgan fingerprint density at radius 2 is 2.08 bits per heavy atom. The molecular weight excluding hydrogens is 172 g/mol. The molecule has 0 N–H and O–H groups in total. The molecule has 0 radical (unpaired) electrons. The molecule has 1 aliphatic carbocycles. The second kappa shape index (κ2) is 5.46. The molecule has 1 fully saturated rings. The number of thioether (sulfide) groups is 1. The van der Waals surface area contributed by atoms with E-state index in [1.54, 1.807) is 0 Å². The van der Waals surface area contributed by atoms with Gasteiger partial charge in [-0.15, -0.1) is 0 Å². The Labute approximate surface area is 78.1 Å². The molecule has 0 spiro atoms. The van der Waals surface area contributed by atoms with Crippen molar-refractivity contribution in [2.24, 2.45) is 0 Å². The van der Waals surface area contributed by atoms with E-state index in [1.807, 2.05) is 6.26 Å². The lowest BCUT2D eigenvalue weighted by Crippen LogP contribution is -2.21. The minimum atomic E-state index is -0.0469. The van der Waals surface area contributed by atoms with Gasteiger partial charge in [0, 0.05) is 0 Å². The highest BCUT2D eigenvalue weighted by molar-refractivity contribution is 7.99. The lowest BCUT2D eigenvalue weighted by molar-refractivity contribution is -0.147. The summed E-state index contributed by atoms with van der Waals surface area (Å²) in [7, 11) is 0. The number of rotatable bonds is 3. The molecule has 0 heterocycles. The predicted molar refractivity (Wildman–Crippen MR) is 51.3 cm³/mol. The van der Waals surface area contributed by atoms with Crippen molar-refractivity contribution >= 4 is 17.7 Å². The van der Waals surface area contributed by atoms with E-state index in [2.05, 4.69) is 0 Å². The molecule has 1 saturated carbocycles. The van der Waals surface area contributed by atoms with E-state index in [0.29, 0.717) is 5.75 Å². The quantitative estimate of drug-likeness (QED) is 0.635. The van der Waals surface area contributed by atoms with Crippen molar-refractivity contribution in [2.45, 2.75) is 38.2 Å². The van der Waals surface area contributed by atoms with Crippen LogP contribution in [-0.2, 0) is 9.53 Å². The molecule has 1 rings (SSSR count). The van der Waals surface area contributed by atoms with Crippen molar-refractivity contribution in [2.75, 3.05) is 12.0 Å². The highest BCUT2D eigenvalue weighted by Gasteiger charge is 2.16. The highest BCUT2D eigenvalue weighted by Crippen LogP contribution is 2.20. The summed E-state index contributed by atoms with van der Waals surface area (Å²) in [6, 6.07) is 0. The monoisotopic (exact) mass is 188 g/mol. The van der Waals surface area contributed by atoms with Gasteiger partial charge in [-0.25, -0.2) is 0 Å². The van der Waals surface area contributed by atoms with Gasteiger partial charge in [0.25, 0.3) is 0 Å². The van der Waals surface area contributed by atoms with Gasteiger partial charge in [0.1, 0.15) is 6.10 Å². The fourth-order valence-electron chi connectivity index (χ4n) is 1.52. The average molecular weight is 188 g/mol. The molecule has 0 aliphatic heterocycles. The van der Waals surface area contributed by atoms with Crippen LogP contribution in [0.3, 0.4) is 0 Å². The SMILES string of the molecule is CSCC(=O)OC1CCCCC1. The molecule has 0 aromatic rings. The summed E-state index contributed by atoms with van der Waals surface area (Å²) in [5.74, 6) is 0.450. The maximum absolute atomic E-state index is 11.1. The van der Waals surface area contributed by atoms with Crippen molar-refractivity contribution in [1.29, 1.82) is 0 Å². The first-order valence-corrected chi connectivity index (χ1v) is 5.90. The Bertz CT molecular complexity index is 141. The van der Waals surface area contributed by atoms with Gasteiger partial charge in [-0.05, 0) is 31.9 Å². The van der Waals surface area contributed by atoms with Gasteiger partial charge in [0.05, 0.1) is 5.75 Å². The topological polar surface area (TPSA) is 26.3 Å². The van der Waals surface area contributed by atoms with Crippen molar-refractivity contribution in [3.8, 4) is 0 Å². The Morgan fingerprint density at radius 3 is 2.67 bits per heavy atom. The Morgan fingerprint density at radius 1 is 1.42 bits per heavy atom. The summed E-state index contributed by atoms with van der Waals surface area (Å²) < 4.78 is 5.27. The second-order valence-corrected chi connectivity index (χ2v) is 4.05. The average Bonchev–Trinajstić information content (AvgIpc) is 2.06. The van der Waals surface area contributed by atoms with Crippen molar-refractivity contribution in [3.63, 3.8) is 0 Å². The zero-order valence-corrected chi connectivity index (χ0v) is 8.36. The molecule has 70 valence electrons. The first-order chi connectivity index (χ1) is 5.83. The van der Waals surface area contributed by atoms with Crippen LogP contribution in [0.25, 0.3) is 0 Å². The van der Waals surface area contributed by atoms with E-state index >= 15 is 0 Å². The van der Waals surface area contributed by atoms with Crippen molar-refractivity contribution in [3.05, 3.63) is 0 Å². The molecule has 0 bridgehead atoms. The van der Waals surface area contributed by atoms with E-state index in [1.165, 1.54) is 31.0 Å². The molecule has 3 heteroatoms. The van der Waals surface area contributed by atoms with E-state index in [4.69, 9.17) is 4.74 Å². The summed E-state index contributed by atoms with van der Waals surface area (Å²) in [6.07, 6.45) is 8.02. The molecule has 0 aromatic carbocycles. The van der Waals surface area contributed by atoms with Crippen LogP contribution in [0.15, 0.2) is 0 Å². The summed E-state index contributed by atoms with van der Waals surface area (Å²) in [5.41, 5.74) is 0. The zero-order chi connectivity index (χ0) is 8.81. The van der Waals surface area contributed by atoms with Gasteiger partial charge in [-0.2, -0.15) is 11.8 Å². The number of hydrogen-bond donors (Lipinski definition) is 0. The highest BCUT2D eigenvalue weighted by atomic mass is 32.2. The largest absolute Gasteiger partial charge is 0.462 e. The van der Waals surface area contributed by atoms with E-state index in [0.717, 1.165) is 12.8 Å². The Balaban J connectivity index is 2.15. The molecule has 0 saturated heterocycles. The van der Waals surface area contributed by atoms with Crippen molar-refractivity contribution < 1.29 is 9.53 Å². The third-order valence-corrected chi connectivity index (χ3v) is 2.64. The number of hydrogen-bond acceptors (Lipinski definition) is 3.